The molecule has 0 spiro atoms. The van der Waals surface area contributed by atoms with E-state index in [1.807, 2.05) is 13.8 Å². The molecule has 16 heavy (non-hydrogen) atoms. The van der Waals surface area contributed by atoms with Crippen LogP contribution in [-0.4, -0.2) is 12.8 Å². The number of nitrogens with zero attached hydrogens (tertiary/aromatic N) is 1. The number of anilines is 1. The highest BCUT2D eigenvalue weighted by atomic mass is 32.2. The number of thioether (sulfide) groups is 1. The Kier molecular flexibility index (Phi) is 4.70. The van der Waals surface area contributed by atoms with Gasteiger partial charge in [0.05, 0.1) is 11.5 Å². The number of benzene rings is 1. The molecule has 1 N–H and O–H groups in total. The summed E-state index contributed by atoms with van der Waals surface area (Å²) in [5.41, 5.74) is 0.873. The van der Waals surface area contributed by atoms with E-state index >= 15 is 0 Å². The lowest BCUT2D eigenvalue weighted by Gasteiger charge is -2.15. The third-order valence-electron chi connectivity index (χ3n) is 2.47. The van der Waals surface area contributed by atoms with Gasteiger partial charge in [-0.3, -0.25) is 0 Å². The molecule has 0 unspecified atom stereocenters. The van der Waals surface area contributed by atoms with Crippen molar-refractivity contribution in [2.75, 3.05) is 18.1 Å². The zero-order chi connectivity index (χ0) is 12.0. The van der Waals surface area contributed by atoms with Crippen LogP contribution in [0.5, 0.6) is 0 Å². The Balaban J connectivity index is 2.41. The van der Waals surface area contributed by atoms with E-state index in [0.29, 0.717) is 0 Å². The molecular formula is C13H18N2S. The molecule has 0 aliphatic carbocycles. The Labute approximate surface area is 102 Å². The van der Waals surface area contributed by atoms with Crippen molar-refractivity contribution in [1.82, 2.24) is 0 Å². The molecule has 2 nitrogen and oxygen atoms in total. The summed E-state index contributed by atoms with van der Waals surface area (Å²) in [6, 6.07) is 10.7. The first-order chi connectivity index (χ1) is 7.57. The van der Waals surface area contributed by atoms with Crippen LogP contribution in [0.15, 0.2) is 29.2 Å². The number of nitriles is 1. The van der Waals surface area contributed by atoms with Crippen LogP contribution in [0.25, 0.3) is 0 Å². The summed E-state index contributed by atoms with van der Waals surface area (Å²) >= 11 is 1.74. The van der Waals surface area contributed by atoms with Crippen LogP contribution >= 0.6 is 11.8 Å². The van der Waals surface area contributed by atoms with Gasteiger partial charge in [-0.25, -0.2) is 0 Å². The first-order valence-electron chi connectivity index (χ1n) is 5.36. The third-order valence-corrected chi connectivity index (χ3v) is 3.22. The van der Waals surface area contributed by atoms with Crippen molar-refractivity contribution in [3.63, 3.8) is 0 Å². The first kappa shape index (κ1) is 12.9. The lowest BCUT2D eigenvalue weighted by atomic mass is 9.91. The molecule has 0 bridgehead atoms. The largest absolute Gasteiger partial charge is 0.385 e. The molecule has 0 saturated carbocycles. The van der Waals surface area contributed by atoms with Crippen LogP contribution in [0.3, 0.4) is 0 Å². The van der Waals surface area contributed by atoms with Crippen LogP contribution in [-0.2, 0) is 0 Å². The van der Waals surface area contributed by atoms with E-state index in [2.05, 4.69) is 41.9 Å². The van der Waals surface area contributed by atoms with Gasteiger partial charge in [0.1, 0.15) is 0 Å². The highest BCUT2D eigenvalue weighted by Gasteiger charge is 2.15. The highest BCUT2D eigenvalue weighted by Crippen LogP contribution is 2.20. The van der Waals surface area contributed by atoms with Crippen LogP contribution < -0.4 is 5.32 Å². The van der Waals surface area contributed by atoms with E-state index in [1.54, 1.807) is 11.8 Å². The maximum atomic E-state index is 8.88. The minimum atomic E-state index is -0.244. The van der Waals surface area contributed by atoms with Crippen molar-refractivity contribution < 1.29 is 0 Å². The third kappa shape index (κ3) is 4.16. The Morgan fingerprint density at radius 1 is 1.31 bits per heavy atom. The summed E-state index contributed by atoms with van der Waals surface area (Å²) < 4.78 is 0. The van der Waals surface area contributed by atoms with Crippen molar-refractivity contribution in [2.45, 2.75) is 25.2 Å². The van der Waals surface area contributed by atoms with Gasteiger partial charge in [-0.2, -0.15) is 5.26 Å². The quantitative estimate of drug-likeness (QED) is 0.788. The van der Waals surface area contributed by atoms with Crippen molar-refractivity contribution in [1.29, 1.82) is 5.26 Å². The van der Waals surface area contributed by atoms with Gasteiger partial charge in [0.2, 0.25) is 0 Å². The minimum absolute atomic E-state index is 0.244. The second-order valence-corrected chi connectivity index (χ2v) is 5.28. The molecule has 1 rings (SSSR count). The zero-order valence-corrected chi connectivity index (χ0v) is 10.9. The molecular weight excluding hydrogens is 216 g/mol. The molecule has 0 saturated heterocycles. The molecule has 0 radical (unpaired) electrons. The minimum Gasteiger partial charge on any atom is -0.385 e. The van der Waals surface area contributed by atoms with Gasteiger partial charge >= 0.3 is 0 Å². The van der Waals surface area contributed by atoms with Crippen LogP contribution in [0.1, 0.15) is 20.3 Å². The fourth-order valence-corrected chi connectivity index (χ4v) is 1.69. The van der Waals surface area contributed by atoms with Crippen molar-refractivity contribution in [3.05, 3.63) is 24.3 Å². The average Bonchev–Trinajstić information content (AvgIpc) is 2.30. The van der Waals surface area contributed by atoms with Crippen molar-refractivity contribution >= 4 is 17.4 Å². The average molecular weight is 234 g/mol. The van der Waals surface area contributed by atoms with E-state index in [9.17, 15) is 0 Å². The maximum absolute atomic E-state index is 8.88. The molecule has 0 aliphatic rings. The zero-order valence-electron chi connectivity index (χ0n) is 10.1. The van der Waals surface area contributed by atoms with Crippen LogP contribution in [0.4, 0.5) is 5.69 Å². The van der Waals surface area contributed by atoms with Gasteiger partial charge < -0.3 is 5.32 Å². The fraction of sp³-hybridized carbons (Fsp3) is 0.462. The van der Waals surface area contributed by atoms with E-state index < -0.39 is 0 Å². The molecule has 0 atom stereocenters. The fourth-order valence-electron chi connectivity index (χ4n) is 1.28. The van der Waals surface area contributed by atoms with Crippen LogP contribution in [0.2, 0.25) is 0 Å². The standard InChI is InChI=1S/C13H18N2S/c1-13(2,10-14)8-9-15-11-4-6-12(16-3)7-5-11/h4-7,15H,8-9H2,1-3H3. The molecule has 1 aromatic carbocycles. The smallest absolute Gasteiger partial charge is 0.0684 e. The predicted octanol–water partition coefficient (Wildman–Crippen LogP) is 3.76. The topological polar surface area (TPSA) is 35.8 Å². The summed E-state index contributed by atoms with van der Waals surface area (Å²) in [6.45, 7) is 4.76. The van der Waals surface area contributed by atoms with Crippen molar-refractivity contribution in [2.24, 2.45) is 5.41 Å². The van der Waals surface area contributed by atoms with Gasteiger partial charge in [-0.05, 0) is 50.8 Å². The first-order valence-corrected chi connectivity index (χ1v) is 6.59. The van der Waals surface area contributed by atoms with Gasteiger partial charge in [0, 0.05) is 17.1 Å². The van der Waals surface area contributed by atoms with E-state index in [0.717, 1.165) is 18.7 Å². The Hall–Kier alpha value is -1.14. The van der Waals surface area contributed by atoms with Gasteiger partial charge in [0.25, 0.3) is 0 Å². The van der Waals surface area contributed by atoms with Crippen molar-refractivity contribution in [3.8, 4) is 6.07 Å². The lowest BCUT2D eigenvalue weighted by Crippen LogP contribution is -2.14. The Morgan fingerprint density at radius 2 is 1.94 bits per heavy atom. The molecule has 1 aromatic rings. The second kappa shape index (κ2) is 5.81. The van der Waals surface area contributed by atoms with E-state index in [4.69, 9.17) is 5.26 Å². The van der Waals surface area contributed by atoms with Crippen LogP contribution in [0, 0.1) is 16.7 Å². The lowest BCUT2D eigenvalue weighted by molar-refractivity contribution is 0.466. The van der Waals surface area contributed by atoms with E-state index in [1.165, 1.54) is 4.90 Å². The summed E-state index contributed by atoms with van der Waals surface area (Å²) in [7, 11) is 0. The number of hydrogen-bond acceptors (Lipinski definition) is 3. The highest BCUT2D eigenvalue weighted by molar-refractivity contribution is 7.98. The number of rotatable bonds is 5. The molecule has 86 valence electrons. The SMILES string of the molecule is CSc1ccc(NCCC(C)(C)C#N)cc1. The molecule has 0 aliphatic heterocycles. The van der Waals surface area contributed by atoms with Gasteiger partial charge in [0.15, 0.2) is 0 Å². The molecule has 0 heterocycles. The summed E-state index contributed by atoms with van der Waals surface area (Å²) in [5, 5.41) is 12.2. The monoisotopic (exact) mass is 234 g/mol. The molecule has 3 heteroatoms. The molecule has 0 aromatic heterocycles. The Bertz CT molecular complexity index is 363. The summed E-state index contributed by atoms with van der Waals surface area (Å²) in [6.07, 6.45) is 2.92. The number of nitrogens with one attached hydrogen (secondary N) is 1. The number of hydrogen-bond donors (Lipinski definition) is 1. The molecule has 0 fully saturated rings. The normalized spacial score (nSPS) is 10.9. The van der Waals surface area contributed by atoms with E-state index in [-0.39, 0.29) is 5.41 Å². The summed E-state index contributed by atoms with van der Waals surface area (Å²) in [5.74, 6) is 0. The maximum Gasteiger partial charge on any atom is 0.0684 e. The van der Waals surface area contributed by atoms with Gasteiger partial charge in [-0.15, -0.1) is 11.8 Å². The van der Waals surface area contributed by atoms with Gasteiger partial charge in [-0.1, -0.05) is 0 Å². The molecule has 0 amide bonds. The predicted molar refractivity (Wildman–Crippen MR) is 70.7 cm³/mol. The summed E-state index contributed by atoms with van der Waals surface area (Å²) in [4.78, 5) is 1.27. The second-order valence-electron chi connectivity index (χ2n) is 4.40. The Morgan fingerprint density at radius 3 is 2.44 bits per heavy atom.